The van der Waals surface area contributed by atoms with E-state index in [2.05, 4.69) is 41.0 Å². The van der Waals surface area contributed by atoms with Crippen LogP contribution >= 0.6 is 0 Å². The molecule has 0 aliphatic carbocycles. The van der Waals surface area contributed by atoms with Crippen LogP contribution in [0.3, 0.4) is 0 Å². The van der Waals surface area contributed by atoms with Crippen LogP contribution in [0.1, 0.15) is 36.9 Å². The summed E-state index contributed by atoms with van der Waals surface area (Å²) < 4.78 is 5.18. The molecule has 6 heteroatoms. The summed E-state index contributed by atoms with van der Waals surface area (Å²) in [5, 5.41) is 8.36. The van der Waals surface area contributed by atoms with Crippen LogP contribution in [-0.4, -0.2) is 24.6 Å². The average molecular weight is 420 g/mol. The fraction of sp³-hybridized carbons (Fsp3) is 0.280. The number of carbonyl (C=O) groups is 2. The highest BCUT2D eigenvalue weighted by Crippen LogP contribution is 2.21. The lowest BCUT2D eigenvalue weighted by Gasteiger charge is -2.21. The smallest absolute Gasteiger partial charge is 0.407 e. The van der Waals surface area contributed by atoms with E-state index < -0.39 is 18.0 Å². The lowest BCUT2D eigenvalue weighted by Crippen LogP contribution is -2.43. The Hall–Kier alpha value is -3.38. The van der Waals surface area contributed by atoms with Gasteiger partial charge in [0.2, 0.25) is 5.91 Å². The maximum absolute atomic E-state index is 11.9. The second-order valence-corrected chi connectivity index (χ2v) is 7.58. The van der Waals surface area contributed by atoms with Crippen molar-refractivity contribution in [3.63, 3.8) is 0 Å². The van der Waals surface area contributed by atoms with Crippen molar-refractivity contribution in [3.05, 3.63) is 83.9 Å². The summed E-state index contributed by atoms with van der Waals surface area (Å²) in [4.78, 5) is 23.7. The highest BCUT2D eigenvalue weighted by molar-refractivity contribution is 5.83. The zero-order chi connectivity index (χ0) is 22.1. The average Bonchev–Trinajstić information content (AvgIpc) is 2.79. The maximum Gasteiger partial charge on any atom is 0.407 e. The quantitative estimate of drug-likeness (QED) is 0.432. The Labute approximate surface area is 182 Å². The minimum atomic E-state index is -0.483. The third-order valence-corrected chi connectivity index (χ3v) is 5.22. The number of alkyl carbamates (subject to hydrolysis) is 1. The Bertz CT molecular complexity index is 1010. The molecular weight excluding hydrogens is 390 g/mol. The number of ether oxygens (including phenoxy) is 1. The SMILES string of the molecule is C[C@@H](N[C@H](CCCNC(=O)OCc1ccccc1)C(N)=O)c1ccc2ccccc2c1. The largest absolute Gasteiger partial charge is 0.445 e. The number of primary amides is 1. The van der Waals surface area contributed by atoms with E-state index in [-0.39, 0.29) is 12.6 Å². The molecule has 0 spiro atoms. The zero-order valence-electron chi connectivity index (χ0n) is 17.7. The molecule has 6 nitrogen and oxygen atoms in total. The Kier molecular flexibility index (Phi) is 8.01. The van der Waals surface area contributed by atoms with E-state index in [1.165, 1.54) is 5.39 Å². The van der Waals surface area contributed by atoms with Crippen molar-refractivity contribution in [2.24, 2.45) is 5.73 Å². The van der Waals surface area contributed by atoms with Crippen LogP contribution in [0, 0.1) is 0 Å². The first kappa shape index (κ1) is 22.3. The normalized spacial score (nSPS) is 12.8. The topological polar surface area (TPSA) is 93.4 Å². The van der Waals surface area contributed by atoms with Gasteiger partial charge in [-0.3, -0.25) is 10.1 Å². The fourth-order valence-corrected chi connectivity index (χ4v) is 3.45. The summed E-state index contributed by atoms with van der Waals surface area (Å²) in [6.45, 7) is 2.64. The van der Waals surface area contributed by atoms with Gasteiger partial charge in [0.05, 0.1) is 6.04 Å². The molecule has 31 heavy (non-hydrogen) atoms. The summed E-state index contributed by atoms with van der Waals surface area (Å²) >= 11 is 0. The molecule has 0 aliphatic heterocycles. The van der Waals surface area contributed by atoms with Crippen LogP contribution < -0.4 is 16.4 Å². The predicted molar refractivity (Wildman–Crippen MR) is 122 cm³/mol. The number of amides is 2. The van der Waals surface area contributed by atoms with Crippen LogP contribution in [-0.2, 0) is 16.1 Å². The van der Waals surface area contributed by atoms with E-state index >= 15 is 0 Å². The molecular formula is C25H29N3O3. The zero-order valence-corrected chi connectivity index (χ0v) is 17.7. The van der Waals surface area contributed by atoms with Crippen molar-refractivity contribution in [1.82, 2.24) is 10.6 Å². The summed E-state index contributed by atoms with van der Waals surface area (Å²) in [6.07, 6.45) is 0.648. The van der Waals surface area contributed by atoms with E-state index in [0.29, 0.717) is 19.4 Å². The molecule has 2 atom stereocenters. The van der Waals surface area contributed by atoms with Gasteiger partial charge in [0.1, 0.15) is 6.61 Å². The van der Waals surface area contributed by atoms with Crippen LogP contribution in [0.5, 0.6) is 0 Å². The number of nitrogens with two attached hydrogens (primary N) is 1. The Morgan fingerprint density at radius 2 is 1.68 bits per heavy atom. The van der Waals surface area contributed by atoms with E-state index in [4.69, 9.17) is 10.5 Å². The molecule has 3 rings (SSSR count). The first-order valence-electron chi connectivity index (χ1n) is 10.5. The van der Waals surface area contributed by atoms with Gasteiger partial charge in [-0.05, 0) is 47.7 Å². The van der Waals surface area contributed by atoms with Crippen LogP contribution in [0.2, 0.25) is 0 Å². The van der Waals surface area contributed by atoms with Crippen LogP contribution in [0.15, 0.2) is 72.8 Å². The molecule has 0 aromatic heterocycles. The van der Waals surface area contributed by atoms with Crippen molar-refractivity contribution >= 4 is 22.8 Å². The molecule has 0 unspecified atom stereocenters. The molecule has 3 aromatic rings. The van der Waals surface area contributed by atoms with Crippen molar-refractivity contribution in [2.45, 2.75) is 38.5 Å². The number of rotatable bonds is 10. The number of nitrogens with one attached hydrogen (secondary N) is 2. The maximum atomic E-state index is 11.9. The monoisotopic (exact) mass is 419 g/mol. The van der Waals surface area contributed by atoms with Crippen LogP contribution in [0.4, 0.5) is 4.79 Å². The van der Waals surface area contributed by atoms with Crippen molar-refractivity contribution < 1.29 is 14.3 Å². The molecule has 4 N–H and O–H groups in total. The minimum Gasteiger partial charge on any atom is -0.445 e. The molecule has 162 valence electrons. The van der Waals surface area contributed by atoms with Gasteiger partial charge < -0.3 is 15.8 Å². The first-order valence-corrected chi connectivity index (χ1v) is 10.5. The number of fused-ring (bicyclic) bond motifs is 1. The summed E-state index contributed by atoms with van der Waals surface area (Å²) in [5.74, 6) is -0.403. The Balaban J connectivity index is 1.43. The predicted octanol–water partition coefficient (Wildman–Crippen LogP) is 4.05. The van der Waals surface area contributed by atoms with Gasteiger partial charge in [0, 0.05) is 12.6 Å². The fourth-order valence-electron chi connectivity index (χ4n) is 3.45. The molecule has 0 fully saturated rings. The van der Waals surface area contributed by atoms with Crippen LogP contribution in [0.25, 0.3) is 10.8 Å². The first-order chi connectivity index (χ1) is 15.0. The molecule has 0 radical (unpaired) electrons. The van der Waals surface area contributed by atoms with E-state index in [1.54, 1.807) is 0 Å². The van der Waals surface area contributed by atoms with Gasteiger partial charge in [-0.2, -0.15) is 0 Å². The van der Waals surface area contributed by atoms with E-state index in [1.807, 2.05) is 49.4 Å². The van der Waals surface area contributed by atoms with E-state index in [9.17, 15) is 9.59 Å². The highest BCUT2D eigenvalue weighted by Gasteiger charge is 2.18. The molecule has 0 bridgehead atoms. The van der Waals surface area contributed by atoms with E-state index in [0.717, 1.165) is 16.5 Å². The highest BCUT2D eigenvalue weighted by atomic mass is 16.5. The van der Waals surface area contributed by atoms with Gasteiger partial charge in [0.15, 0.2) is 0 Å². The second-order valence-electron chi connectivity index (χ2n) is 7.58. The summed E-state index contributed by atoms with van der Waals surface area (Å²) in [6, 6.07) is 23.4. The Morgan fingerprint density at radius 1 is 0.968 bits per heavy atom. The third kappa shape index (κ3) is 6.83. The van der Waals surface area contributed by atoms with Crippen molar-refractivity contribution in [2.75, 3.05) is 6.54 Å². The lowest BCUT2D eigenvalue weighted by atomic mass is 10.0. The third-order valence-electron chi connectivity index (χ3n) is 5.22. The summed E-state index contributed by atoms with van der Waals surface area (Å²) in [5.41, 5.74) is 7.61. The van der Waals surface area contributed by atoms with Gasteiger partial charge in [-0.25, -0.2) is 4.79 Å². The van der Waals surface area contributed by atoms with Gasteiger partial charge in [-0.15, -0.1) is 0 Å². The molecule has 0 heterocycles. The lowest BCUT2D eigenvalue weighted by molar-refractivity contribution is -0.120. The molecule has 0 saturated heterocycles. The molecule has 0 saturated carbocycles. The standard InChI is InChI=1S/C25H29N3O3/c1-18(21-14-13-20-10-5-6-11-22(20)16-21)28-23(24(26)29)12-7-15-27-25(30)31-17-19-8-3-2-4-9-19/h2-6,8-11,13-14,16,18,23,28H,7,12,15,17H2,1H3,(H2,26,29)(H,27,30)/t18-,23-/m1/s1. The number of hydrogen-bond acceptors (Lipinski definition) is 4. The molecule has 3 aromatic carbocycles. The number of carbonyl (C=O) groups excluding carboxylic acids is 2. The summed E-state index contributed by atoms with van der Waals surface area (Å²) in [7, 11) is 0. The van der Waals surface area contributed by atoms with Crippen molar-refractivity contribution in [1.29, 1.82) is 0 Å². The second kappa shape index (κ2) is 11.1. The van der Waals surface area contributed by atoms with Gasteiger partial charge in [0.25, 0.3) is 0 Å². The number of benzene rings is 3. The molecule has 2 amide bonds. The minimum absolute atomic E-state index is 0.0362. The van der Waals surface area contributed by atoms with Crippen molar-refractivity contribution in [3.8, 4) is 0 Å². The number of hydrogen-bond donors (Lipinski definition) is 3. The Morgan fingerprint density at radius 3 is 2.42 bits per heavy atom. The van der Waals surface area contributed by atoms with Gasteiger partial charge in [-0.1, -0.05) is 66.7 Å². The van der Waals surface area contributed by atoms with Gasteiger partial charge >= 0.3 is 6.09 Å². The molecule has 0 aliphatic rings.